The number of para-hydroxylation sites is 2. The molecule has 0 saturated heterocycles. The predicted octanol–water partition coefficient (Wildman–Crippen LogP) is 5.78. The summed E-state index contributed by atoms with van der Waals surface area (Å²) in [5.74, 6) is 1.23. The van der Waals surface area contributed by atoms with Crippen LogP contribution in [0.3, 0.4) is 0 Å². The van der Waals surface area contributed by atoms with Gasteiger partial charge < -0.3 is 10.1 Å². The molecule has 0 bridgehead atoms. The normalized spacial score (nSPS) is 15.4. The number of carbonyl (C=O) groups excluding carboxylic acids is 1. The molecule has 0 unspecified atom stereocenters. The van der Waals surface area contributed by atoms with E-state index in [9.17, 15) is 4.79 Å². The zero-order valence-electron chi connectivity index (χ0n) is 15.2. The van der Waals surface area contributed by atoms with Crippen molar-refractivity contribution in [1.82, 2.24) is 5.32 Å². The molecule has 4 heteroatoms. The minimum atomic E-state index is -0.0805. The number of amides is 1. The summed E-state index contributed by atoms with van der Waals surface area (Å²) in [7, 11) is 0. The number of thiophene rings is 1. The van der Waals surface area contributed by atoms with Gasteiger partial charge in [-0.05, 0) is 59.5 Å². The van der Waals surface area contributed by atoms with E-state index < -0.39 is 0 Å². The molecule has 1 fully saturated rings. The van der Waals surface area contributed by atoms with Gasteiger partial charge in [-0.3, -0.25) is 4.79 Å². The van der Waals surface area contributed by atoms with Crippen molar-refractivity contribution in [1.29, 1.82) is 0 Å². The lowest BCUT2D eigenvalue weighted by molar-refractivity contribution is 0.0941. The number of hydrogen-bond acceptors (Lipinski definition) is 3. The van der Waals surface area contributed by atoms with Crippen molar-refractivity contribution >= 4 is 17.2 Å². The Hall–Kier alpha value is -2.59. The van der Waals surface area contributed by atoms with E-state index in [4.69, 9.17) is 4.74 Å². The van der Waals surface area contributed by atoms with Crippen LogP contribution in [-0.2, 0) is 5.41 Å². The van der Waals surface area contributed by atoms with Crippen molar-refractivity contribution in [2.24, 2.45) is 0 Å². The fourth-order valence-electron chi connectivity index (χ4n) is 3.89. The second-order valence-electron chi connectivity index (χ2n) is 7.09. The number of nitrogens with one attached hydrogen (secondary N) is 1. The second kappa shape index (κ2) is 7.97. The smallest absolute Gasteiger partial charge is 0.255 e. The van der Waals surface area contributed by atoms with Crippen LogP contribution in [0.2, 0.25) is 0 Å². The quantitative estimate of drug-likeness (QED) is 0.591. The lowest BCUT2D eigenvalue weighted by Crippen LogP contribution is -2.38. The Bertz CT molecular complexity index is 884. The first-order valence-electron chi connectivity index (χ1n) is 9.40. The minimum Gasteiger partial charge on any atom is -0.457 e. The lowest BCUT2D eigenvalue weighted by atomic mass is 9.80. The van der Waals surface area contributed by atoms with Crippen molar-refractivity contribution in [2.45, 2.75) is 31.1 Å². The van der Waals surface area contributed by atoms with Crippen LogP contribution in [0.5, 0.6) is 11.5 Å². The molecule has 138 valence electrons. The topological polar surface area (TPSA) is 38.3 Å². The van der Waals surface area contributed by atoms with Gasteiger partial charge in [0.2, 0.25) is 0 Å². The van der Waals surface area contributed by atoms with Crippen LogP contribution >= 0.6 is 11.3 Å². The first-order chi connectivity index (χ1) is 13.3. The lowest BCUT2D eigenvalue weighted by Gasteiger charge is -2.29. The highest BCUT2D eigenvalue weighted by Gasteiger charge is 2.36. The zero-order chi connectivity index (χ0) is 18.5. The maximum absolute atomic E-state index is 12.9. The molecule has 3 nitrogen and oxygen atoms in total. The van der Waals surface area contributed by atoms with E-state index in [-0.39, 0.29) is 11.3 Å². The number of ether oxygens (including phenoxy) is 1. The van der Waals surface area contributed by atoms with E-state index in [0.717, 1.165) is 18.6 Å². The van der Waals surface area contributed by atoms with Gasteiger partial charge >= 0.3 is 0 Å². The van der Waals surface area contributed by atoms with Crippen molar-refractivity contribution < 1.29 is 9.53 Å². The first kappa shape index (κ1) is 17.8. The summed E-state index contributed by atoms with van der Waals surface area (Å²) in [5, 5.41) is 7.53. The molecule has 1 aliphatic carbocycles. The largest absolute Gasteiger partial charge is 0.457 e. The van der Waals surface area contributed by atoms with E-state index in [1.165, 1.54) is 18.4 Å². The Kier molecular flexibility index (Phi) is 5.26. The molecule has 1 heterocycles. The Balaban J connectivity index is 1.50. The highest BCUT2D eigenvalue weighted by molar-refractivity contribution is 7.08. The van der Waals surface area contributed by atoms with E-state index in [0.29, 0.717) is 17.9 Å². The molecule has 0 spiro atoms. The number of rotatable bonds is 6. The van der Waals surface area contributed by atoms with Gasteiger partial charge in [0.1, 0.15) is 11.5 Å². The molecule has 4 rings (SSSR count). The third kappa shape index (κ3) is 3.91. The minimum absolute atomic E-state index is 0.0743. The molecule has 27 heavy (non-hydrogen) atoms. The monoisotopic (exact) mass is 377 g/mol. The van der Waals surface area contributed by atoms with Crippen molar-refractivity contribution in [3.63, 3.8) is 0 Å². The molecular formula is C23H23NO2S. The summed E-state index contributed by atoms with van der Waals surface area (Å²) in [6.45, 7) is 0.669. The molecule has 1 N–H and O–H groups in total. The molecule has 0 radical (unpaired) electrons. The Morgan fingerprint density at radius 2 is 1.74 bits per heavy atom. The van der Waals surface area contributed by atoms with Crippen LogP contribution < -0.4 is 10.1 Å². The van der Waals surface area contributed by atoms with Gasteiger partial charge in [0.15, 0.2) is 0 Å². The predicted molar refractivity (Wildman–Crippen MR) is 110 cm³/mol. The molecule has 1 saturated carbocycles. The second-order valence-corrected chi connectivity index (χ2v) is 7.87. The van der Waals surface area contributed by atoms with E-state index in [1.54, 1.807) is 11.3 Å². The summed E-state index contributed by atoms with van der Waals surface area (Å²) in [5.41, 5.74) is 2.00. The van der Waals surface area contributed by atoms with Gasteiger partial charge in [0.25, 0.3) is 5.91 Å². The van der Waals surface area contributed by atoms with Gasteiger partial charge in [-0.15, -0.1) is 0 Å². The van der Waals surface area contributed by atoms with Crippen LogP contribution in [0.25, 0.3) is 0 Å². The first-order valence-corrected chi connectivity index (χ1v) is 10.3. The highest BCUT2D eigenvalue weighted by atomic mass is 32.1. The average molecular weight is 378 g/mol. The summed E-state index contributed by atoms with van der Waals surface area (Å²) in [6.07, 6.45) is 4.71. The fraction of sp³-hybridized carbons (Fsp3) is 0.261. The van der Waals surface area contributed by atoms with Crippen LogP contribution in [-0.4, -0.2) is 12.5 Å². The molecule has 1 aromatic heterocycles. The fourth-order valence-corrected chi connectivity index (χ4v) is 4.67. The standard InChI is InChI=1S/C23H23NO2S/c25-22(24-17-23(13-6-7-14-23)18-12-15-27-16-18)20-10-4-5-11-21(20)26-19-8-2-1-3-9-19/h1-5,8-12,15-16H,6-7,13-14,17H2,(H,24,25). The van der Waals surface area contributed by atoms with Gasteiger partial charge in [0, 0.05) is 12.0 Å². The van der Waals surface area contributed by atoms with Crippen LogP contribution in [0.4, 0.5) is 0 Å². The van der Waals surface area contributed by atoms with Crippen LogP contribution in [0.1, 0.15) is 41.6 Å². The highest BCUT2D eigenvalue weighted by Crippen LogP contribution is 2.41. The number of benzene rings is 2. The van der Waals surface area contributed by atoms with Crippen molar-refractivity contribution in [3.05, 3.63) is 82.6 Å². The molecule has 1 amide bonds. The summed E-state index contributed by atoms with van der Waals surface area (Å²) >= 11 is 1.73. The summed E-state index contributed by atoms with van der Waals surface area (Å²) in [4.78, 5) is 12.9. The molecule has 0 aliphatic heterocycles. The third-order valence-electron chi connectivity index (χ3n) is 5.38. The average Bonchev–Trinajstić information content (AvgIpc) is 3.40. The van der Waals surface area contributed by atoms with E-state index >= 15 is 0 Å². The maximum Gasteiger partial charge on any atom is 0.255 e. The Morgan fingerprint density at radius 1 is 1.00 bits per heavy atom. The van der Waals surface area contributed by atoms with E-state index in [1.807, 2.05) is 54.6 Å². The molecule has 1 aliphatic rings. The molecule has 3 aromatic rings. The number of carbonyl (C=O) groups is 1. The van der Waals surface area contributed by atoms with Crippen LogP contribution in [0, 0.1) is 0 Å². The Labute approximate surface area is 164 Å². The van der Waals surface area contributed by atoms with Gasteiger partial charge in [-0.25, -0.2) is 0 Å². The molecule has 2 aromatic carbocycles. The zero-order valence-corrected chi connectivity index (χ0v) is 16.0. The number of hydrogen-bond donors (Lipinski definition) is 1. The van der Waals surface area contributed by atoms with Crippen molar-refractivity contribution in [3.8, 4) is 11.5 Å². The van der Waals surface area contributed by atoms with Gasteiger partial charge in [-0.2, -0.15) is 11.3 Å². The summed E-state index contributed by atoms with van der Waals surface area (Å²) in [6, 6.07) is 19.2. The maximum atomic E-state index is 12.9. The van der Waals surface area contributed by atoms with E-state index in [2.05, 4.69) is 22.1 Å². The van der Waals surface area contributed by atoms with Gasteiger partial charge in [0.05, 0.1) is 5.56 Å². The van der Waals surface area contributed by atoms with Gasteiger partial charge in [-0.1, -0.05) is 43.2 Å². The Morgan fingerprint density at radius 3 is 2.48 bits per heavy atom. The third-order valence-corrected chi connectivity index (χ3v) is 6.07. The van der Waals surface area contributed by atoms with Crippen molar-refractivity contribution in [2.75, 3.05) is 6.54 Å². The molecule has 0 atom stereocenters. The SMILES string of the molecule is O=C(NCC1(c2ccsc2)CCCC1)c1ccccc1Oc1ccccc1. The van der Waals surface area contributed by atoms with Crippen LogP contribution in [0.15, 0.2) is 71.4 Å². The molecular weight excluding hydrogens is 354 g/mol. The summed E-state index contributed by atoms with van der Waals surface area (Å²) < 4.78 is 5.94.